The number of nitrogens with zero attached hydrogens (tertiary/aromatic N) is 1. The van der Waals surface area contributed by atoms with E-state index in [-0.39, 0.29) is 10.7 Å². The molecule has 0 saturated heterocycles. The van der Waals surface area contributed by atoms with Crippen LogP contribution in [-0.4, -0.2) is 22.4 Å². The van der Waals surface area contributed by atoms with Crippen LogP contribution in [0.3, 0.4) is 0 Å². The van der Waals surface area contributed by atoms with E-state index >= 15 is 0 Å². The Hall–Kier alpha value is -3.33. The van der Waals surface area contributed by atoms with E-state index in [0.717, 1.165) is 15.6 Å². The van der Waals surface area contributed by atoms with Gasteiger partial charge in [-0.15, -0.1) is 0 Å². The van der Waals surface area contributed by atoms with Crippen molar-refractivity contribution in [2.24, 2.45) is 0 Å². The van der Waals surface area contributed by atoms with E-state index in [1.165, 1.54) is 10.7 Å². The molecule has 3 aromatic carbocycles. The van der Waals surface area contributed by atoms with Crippen molar-refractivity contribution in [2.75, 3.05) is 16.1 Å². The number of anilines is 2. The quantitative estimate of drug-likeness (QED) is 0.251. The SMILES string of the molecule is Cc1ccc(NC(=O)C(=O)Nn2c(C(=O)Nc3ccc(Cl)cc3Cl)cc3cc(Br)ccc32)cc1C. The molecule has 0 atom stereocenters. The molecule has 0 spiro atoms. The number of carbonyl (C=O) groups is 3. The van der Waals surface area contributed by atoms with Gasteiger partial charge in [-0.25, -0.2) is 4.68 Å². The number of aromatic nitrogens is 1. The summed E-state index contributed by atoms with van der Waals surface area (Å²) in [6.07, 6.45) is 0. The van der Waals surface area contributed by atoms with Crippen molar-refractivity contribution in [2.45, 2.75) is 13.8 Å². The molecular formula is C25H19BrCl2N4O3. The van der Waals surface area contributed by atoms with Gasteiger partial charge >= 0.3 is 11.8 Å². The zero-order chi connectivity index (χ0) is 25.3. The first-order chi connectivity index (χ1) is 16.6. The first kappa shape index (κ1) is 24.8. The van der Waals surface area contributed by atoms with Gasteiger partial charge in [0.05, 0.1) is 16.2 Å². The minimum atomic E-state index is -0.942. The normalized spacial score (nSPS) is 10.8. The highest BCUT2D eigenvalue weighted by molar-refractivity contribution is 9.10. The topological polar surface area (TPSA) is 92.2 Å². The Bertz CT molecular complexity index is 1500. The molecule has 0 fully saturated rings. The van der Waals surface area contributed by atoms with Gasteiger partial charge < -0.3 is 10.6 Å². The van der Waals surface area contributed by atoms with Crippen molar-refractivity contribution in [1.82, 2.24) is 4.68 Å². The van der Waals surface area contributed by atoms with Gasteiger partial charge in [0.25, 0.3) is 5.91 Å². The van der Waals surface area contributed by atoms with Crippen LogP contribution >= 0.6 is 39.1 Å². The Morgan fingerprint density at radius 2 is 1.60 bits per heavy atom. The molecule has 0 aliphatic rings. The van der Waals surface area contributed by atoms with Crippen molar-refractivity contribution in [1.29, 1.82) is 0 Å². The average molecular weight is 574 g/mol. The molecule has 0 aliphatic heterocycles. The van der Waals surface area contributed by atoms with Crippen LogP contribution < -0.4 is 16.1 Å². The highest BCUT2D eigenvalue weighted by Gasteiger charge is 2.22. The maximum atomic E-state index is 13.2. The molecule has 3 N–H and O–H groups in total. The third-order valence-corrected chi connectivity index (χ3v) is 6.40. The van der Waals surface area contributed by atoms with E-state index in [4.69, 9.17) is 23.2 Å². The monoisotopic (exact) mass is 572 g/mol. The number of hydrogen-bond donors (Lipinski definition) is 3. The molecule has 1 aromatic heterocycles. The lowest BCUT2D eigenvalue weighted by atomic mass is 10.1. The van der Waals surface area contributed by atoms with E-state index in [1.54, 1.807) is 48.5 Å². The van der Waals surface area contributed by atoms with E-state index in [2.05, 4.69) is 32.0 Å². The molecule has 0 radical (unpaired) electrons. The maximum absolute atomic E-state index is 13.2. The van der Waals surface area contributed by atoms with Crippen LogP contribution in [-0.2, 0) is 9.59 Å². The molecule has 7 nitrogen and oxygen atoms in total. The molecule has 10 heteroatoms. The molecule has 35 heavy (non-hydrogen) atoms. The highest BCUT2D eigenvalue weighted by atomic mass is 79.9. The smallest absolute Gasteiger partial charge is 0.319 e. The van der Waals surface area contributed by atoms with Gasteiger partial charge in [-0.3, -0.25) is 19.8 Å². The molecule has 0 unspecified atom stereocenters. The number of hydrogen-bond acceptors (Lipinski definition) is 3. The largest absolute Gasteiger partial charge is 0.328 e. The second-order valence-corrected chi connectivity index (χ2v) is 9.60. The van der Waals surface area contributed by atoms with Crippen LogP contribution in [0.4, 0.5) is 11.4 Å². The van der Waals surface area contributed by atoms with Crippen LogP contribution in [0.2, 0.25) is 10.0 Å². The summed E-state index contributed by atoms with van der Waals surface area (Å²) in [7, 11) is 0. The molecule has 0 saturated carbocycles. The molecule has 3 amide bonds. The van der Waals surface area contributed by atoms with Gasteiger partial charge in [0.15, 0.2) is 0 Å². The number of aryl methyl sites for hydroxylation is 2. The summed E-state index contributed by atoms with van der Waals surface area (Å²) in [4.78, 5) is 38.5. The number of amides is 3. The molecule has 0 bridgehead atoms. The summed E-state index contributed by atoms with van der Waals surface area (Å²) in [5.74, 6) is -2.36. The number of nitrogens with one attached hydrogen (secondary N) is 3. The highest BCUT2D eigenvalue weighted by Crippen LogP contribution is 2.27. The standard InChI is InChI=1S/C25H19BrCl2N4O3/c1-13-3-6-18(9-14(13)2)29-24(34)25(35)31-32-21-8-4-16(26)10-15(21)11-22(32)23(33)30-20-7-5-17(27)12-19(20)28/h3-12H,1-2H3,(H,29,34)(H,30,33)(H,31,35). The fourth-order valence-electron chi connectivity index (χ4n) is 3.41. The first-order valence-corrected chi connectivity index (χ1v) is 11.9. The van der Waals surface area contributed by atoms with Gasteiger partial charge in [0.2, 0.25) is 0 Å². The molecule has 178 valence electrons. The van der Waals surface area contributed by atoms with Crippen LogP contribution in [0.5, 0.6) is 0 Å². The lowest BCUT2D eigenvalue weighted by Crippen LogP contribution is -2.36. The molecule has 4 rings (SSSR count). The summed E-state index contributed by atoms with van der Waals surface area (Å²) in [6.45, 7) is 3.86. The van der Waals surface area contributed by atoms with Crippen molar-refractivity contribution >= 4 is 79.1 Å². The van der Waals surface area contributed by atoms with Gasteiger partial charge in [0, 0.05) is 20.6 Å². The van der Waals surface area contributed by atoms with Gasteiger partial charge in [-0.2, -0.15) is 0 Å². The lowest BCUT2D eigenvalue weighted by Gasteiger charge is -2.13. The summed E-state index contributed by atoms with van der Waals surface area (Å²) in [5.41, 5.74) is 6.02. The molecule has 1 heterocycles. The van der Waals surface area contributed by atoms with E-state index in [1.807, 2.05) is 19.9 Å². The third kappa shape index (κ3) is 5.51. The van der Waals surface area contributed by atoms with Crippen molar-refractivity contribution in [3.8, 4) is 0 Å². The van der Waals surface area contributed by atoms with E-state index < -0.39 is 17.7 Å². The summed E-state index contributed by atoms with van der Waals surface area (Å²) >= 11 is 15.5. The Morgan fingerprint density at radius 3 is 2.31 bits per heavy atom. The van der Waals surface area contributed by atoms with Crippen molar-refractivity contribution in [3.05, 3.63) is 92.0 Å². The van der Waals surface area contributed by atoms with Crippen LogP contribution in [0.15, 0.2) is 65.1 Å². The number of carbonyl (C=O) groups excluding carboxylic acids is 3. The molecule has 4 aromatic rings. The second kappa shape index (κ2) is 10.1. The number of rotatable bonds is 4. The van der Waals surface area contributed by atoms with Gasteiger partial charge in [0.1, 0.15) is 5.69 Å². The number of halogens is 3. The lowest BCUT2D eigenvalue weighted by molar-refractivity contribution is -0.133. The number of fused-ring (bicyclic) bond motifs is 1. The average Bonchev–Trinajstić information content (AvgIpc) is 3.15. The maximum Gasteiger partial charge on any atom is 0.328 e. The third-order valence-electron chi connectivity index (χ3n) is 5.36. The first-order valence-electron chi connectivity index (χ1n) is 10.4. The minimum absolute atomic E-state index is 0.0939. The van der Waals surface area contributed by atoms with Crippen molar-refractivity contribution < 1.29 is 14.4 Å². The van der Waals surface area contributed by atoms with E-state index in [9.17, 15) is 14.4 Å². The van der Waals surface area contributed by atoms with Crippen LogP contribution in [0.1, 0.15) is 21.6 Å². The zero-order valence-electron chi connectivity index (χ0n) is 18.6. The predicted molar refractivity (Wildman–Crippen MR) is 143 cm³/mol. The zero-order valence-corrected chi connectivity index (χ0v) is 21.7. The van der Waals surface area contributed by atoms with Gasteiger partial charge in [-0.1, -0.05) is 45.2 Å². The fourth-order valence-corrected chi connectivity index (χ4v) is 4.24. The predicted octanol–water partition coefficient (Wildman–Crippen LogP) is 6.29. The van der Waals surface area contributed by atoms with Crippen LogP contribution in [0.25, 0.3) is 10.9 Å². The Labute approximate surface area is 219 Å². The molecule has 0 aliphatic carbocycles. The molecular weight excluding hydrogens is 555 g/mol. The minimum Gasteiger partial charge on any atom is -0.319 e. The number of benzene rings is 3. The second-order valence-electron chi connectivity index (χ2n) is 7.84. The van der Waals surface area contributed by atoms with Crippen LogP contribution in [0, 0.1) is 13.8 Å². The van der Waals surface area contributed by atoms with Crippen molar-refractivity contribution in [3.63, 3.8) is 0 Å². The summed E-state index contributed by atoms with van der Waals surface area (Å²) in [5, 5.41) is 6.64. The Morgan fingerprint density at radius 1 is 0.829 bits per heavy atom. The Balaban J connectivity index is 1.63. The fraction of sp³-hybridized carbons (Fsp3) is 0.0800. The Kier molecular flexibility index (Phi) is 7.16. The van der Waals surface area contributed by atoms with E-state index in [0.29, 0.717) is 27.3 Å². The summed E-state index contributed by atoms with van der Waals surface area (Å²) < 4.78 is 2.05. The van der Waals surface area contributed by atoms with Gasteiger partial charge in [-0.05, 0) is 79.6 Å². The summed E-state index contributed by atoms with van der Waals surface area (Å²) in [6, 6.07) is 16.9.